The smallest absolute Gasteiger partial charge is 0.0572 e. The zero-order chi connectivity index (χ0) is 12.7. The lowest BCUT2D eigenvalue weighted by Gasteiger charge is -2.15. The summed E-state index contributed by atoms with van der Waals surface area (Å²) in [4.78, 5) is 0. The third-order valence-corrected chi connectivity index (χ3v) is 3.50. The first kappa shape index (κ1) is 15.4. The van der Waals surface area contributed by atoms with Crippen LogP contribution in [-0.4, -0.2) is 11.2 Å². The summed E-state index contributed by atoms with van der Waals surface area (Å²) in [6.07, 6.45) is 7.67. The Hall–Kier alpha value is -0.560. The second kappa shape index (κ2) is 7.67. The molecule has 1 aliphatic rings. The number of aliphatic hydroxyl groups is 1. The van der Waals surface area contributed by atoms with Crippen LogP contribution in [0.4, 0.5) is 0 Å². The molecule has 0 saturated carbocycles. The van der Waals surface area contributed by atoms with Gasteiger partial charge in [0.15, 0.2) is 0 Å². The number of hydrogen-bond acceptors (Lipinski definition) is 1. The molecule has 0 bridgehead atoms. The molecule has 1 nitrogen and oxygen atoms in total. The number of aliphatic hydroxyl groups excluding tert-OH is 1. The maximum absolute atomic E-state index is 9.35. The van der Waals surface area contributed by atoms with Gasteiger partial charge in [0, 0.05) is 0 Å². The maximum Gasteiger partial charge on any atom is 0.0572 e. The Balaban J connectivity index is 0.00000106. The molecule has 0 fully saturated rings. The van der Waals surface area contributed by atoms with E-state index in [9.17, 15) is 5.11 Å². The summed E-state index contributed by atoms with van der Waals surface area (Å²) in [5, 5.41) is 9.35. The Morgan fingerprint density at radius 1 is 1.38 bits per heavy atom. The van der Waals surface area contributed by atoms with Gasteiger partial charge >= 0.3 is 0 Å². The molecule has 0 radical (unpaired) electrons. The Labute approximate surface area is 101 Å². The molecule has 16 heavy (non-hydrogen) atoms. The van der Waals surface area contributed by atoms with Crippen LogP contribution >= 0.6 is 0 Å². The monoisotopic (exact) mass is 224 g/mol. The van der Waals surface area contributed by atoms with Crippen LogP contribution in [0.5, 0.6) is 0 Å². The number of allylic oxidation sites excluding steroid dienone is 3. The summed E-state index contributed by atoms with van der Waals surface area (Å²) >= 11 is 0. The van der Waals surface area contributed by atoms with Gasteiger partial charge in [-0.1, -0.05) is 51.5 Å². The van der Waals surface area contributed by atoms with Crippen LogP contribution in [0, 0.1) is 17.8 Å². The minimum absolute atomic E-state index is 0.239. The molecule has 0 spiro atoms. The molecular weight excluding hydrogens is 196 g/mol. The molecule has 0 aromatic heterocycles. The lowest BCUT2D eigenvalue weighted by atomic mass is 9.92. The molecule has 0 aromatic carbocycles. The minimum atomic E-state index is -0.239. The van der Waals surface area contributed by atoms with E-state index in [4.69, 9.17) is 0 Å². The van der Waals surface area contributed by atoms with Crippen molar-refractivity contribution >= 4 is 0 Å². The van der Waals surface area contributed by atoms with Gasteiger partial charge in [0.1, 0.15) is 0 Å². The van der Waals surface area contributed by atoms with Gasteiger partial charge in [-0.25, -0.2) is 0 Å². The minimum Gasteiger partial charge on any atom is -0.393 e. The summed E-state index contributed by atoms with van der Waals surface area (Å²) in [5.41, 5.74) is 1.50. The van der Waals surface area contributed by atoms with Gasteiger partial charge in [-0.05, 0) is 38.0 Å². The van der Waals surface area contributed by atoms with Gasteiger partial charge in [0.2, 0.25) is 0 Å². The highest BCUT2D eigenvalue weighted by Gasteiger charge is 2.20. The Kier molecular flexibility index (Phi) is 7.40. The lowest BCUT2D eigenvalue weighted by molar-refractivity contribution is 0.157. The predicted octanol–water partition coefficient (Wildman–Crippen LogP) is 4.19. The standard InChI is InChI=1S/C13H22O.C2H6/c1-9-5-7-13(11(9)3)8-6-10(2)12(4)14;1-2/h5-6,8,10-14H,7H2,1-4H3;1-2H3/b8-6+;. The molecule has 0 amide bonds. The van der Waals surface area contributed by atoms with Crippen LogP contribution in [0.3, 0.4) is 0 Å². The first-order valence-electron chi connectivity index (χ1n) is 6.55. The van der Waals surface area contributed by atoms with E-state index in [0.717, 1.165) is 6.42 Å². The van der Waals surface area contributed by atoms with E-state index < -0.39 is 0 Å². The van der Waals surface area contributed by atoms with E-state index in [2.05, 4.69) is 39.0 Å². The topological polar surface area (TPSA) is 20.2 Å². The van der Waals surface area contributed by atoms with Crippen molar-refractivity contribution in [3.63, 3.8) is 0 Å². The fraction of sp³-hybridized carbons (Fsp3) is 0.733. The van der Waals surface area contributed by atoms with Crippen molar-refractivity contribution in [2.45, 2.75) is 54.1 Å². The predicted molar refractivity (Wildman–Crippen MR) is 72.4 cm³/mol. The average molecular weight is 224 g/mol. The molecule has 1 aliphatic carbocycles. The molecule has 0 heterocycles. The highest BCUT2D eigenvalue weighted by atomic mass is 16.3. The zero-order valence-corrected chi connectivity index (χ0v) is 11.7. The first-order valence-corrected chi connectivity index (χ1v) is 6.55. The number of rotatable bonds is 3. The fourth-order valence-electron chi connectivity index (χ4n) is 1.77. The van der Waals surface area contributed by atoms with Crippen LogP contribution in [0.2, 0.25) is 0 Å². The number of hydrogen-bond donors (Lipinski definition) is 1. The quantitative estimate of drug-likeness (QED) is 0.713. The largest absolute Gasteiger partial charge is 0.393 e. The highest BCUT2D eigenvalue weighted by molar-refractivity contribution is 5.16. The summed E-state index contributed by atoms with van der Waals surface area (Å²) in [6.45, 7) is 12.4. The lowest BCUT2D eigenvalue weighted by Crippen LogP contribution is -2.11. The highest BCUT2D eigenvalue weighted by Crippen LogP contribution is 2.32. The third-order valence-electron chi connectivity index (χ3n) is 3.50. The van der Waals surface area contributed by atoms with E-state index in [0.29, 0.717) is 11.8 Å². The zero-order valence-electron chi connectivity index (χ0n) is 11.7. The van der Waals surface area contributed by atoms with E-state index in [1.165, 1.54) is 5.57 Å². The second-order valence-corrected chi connectivity index (χ2v) is 4.62. The van der Waals surface area contributed by atoms with Crippen molar-refractivity contribution < 1.29 is 5.11 Å². The summed E-state index contributed by atoms with van der Waals surface area (Å²) in [5.74, 6) is 1.59. The molecule has 0 saturated heterocycles. The van der Waals surface area contributed by atoms with Gasteiger partial charge in [0.05, 0.1) is 6.10 Å². The molecule has 4 unspecified atom stereocenters. The molecular formula is C15H28O. The summed E-state index contributed by atoms with van der Waals surface area (Å²) in [7, 11) is 0. The van der Waals surface area contributed by atoms with Crippen molar-refractivity contribution in [1.29, 1.82) is 0 Å². The van der Waals surface area contributed by atoms with Gasteiger partial charge in [-0.15, -0.1) is 0 Å². The maximum atomic E-state index is 9.35. The van der Waals surface area contributed by atoms with Crippen molar-refractivity contribution in [2.75, 3.05) is 0 Å². The van der Waals surface area contributed by atoms with E-state index in [-0.39, 0.29) is 12.0 Å². The summed E-state index contributed by atoms with van der Waals surface area (Å²) < 4.78 is 0. The second-order valence-electron chi connectivity index (χ2n) is 4.62. The average Bonchev–Trinajstić information content (AvgIpc) is 2.59. The molecule has 4 atom stereocenters. The first-order chi connectivity index (χ1) is 7.52. The van der Waals surface area contributed by atoms with Crippen LogP contribution < -0.4 is 0 Å². The summed E-state index contributed by atoms with van der Waals surface area (Å²) in [6, 6.07) is 0. The third kappa shape index (κ3) is 4.52. The Bertz CT molecular complexity index is 238. The van der Waals surface area contributed by atoms with Crippen LogP contribution in [0.25, 0.3) is 0 Å². The van der Waals surface area contributed by atoms with E-state index >= 15 is 0 Å². The SMILES string of the molecule is CC.CC1=CCC(/C=C/C(C)C(C)O)C1C. The molecule has 1 N–H and O–H groups in total. The van der Waals surface area contributed by atoms with Crippen molar-refractivity contribution in [1.82, 2.24) is 0 Å². The molecule has 0 aromatic rings. The van der Waals surface area contributed by atoms with Gasteiger partial charge in [-0.3, -0.25) is 0 Å². The van der Waals surface area contributed by atoms with Crippen LogP contribution in [-0.2, 0) is 0 Å². The Morgan fingerprint density at radius 3 is 2.31 bits per heavy atom. The van der Waals surface area contributed by atoms with E-state index in [1.807, 2.05) is 20.8 Å². The van der Waals surface area contributed by atoms with Crippen LogP contribution in [0.1, 0.15) is 48.0 Å². The normalized spacial score (nSPS) is 28.3. The molecule has 0 aliphatic heterocycles. The Morgan fingerprint density at radius 2 is 1.94 bits per heavy atom. The van der Waals surface area contributed by atoms with Crippen LogP contribution in [0.15, 0.2) is 23.8 Å². The van der Waals surface area contributed by atoms with Gasteiger partial charge in [0.25, 0.3) is 0 Å². The van der Waals surface area contributed by atoms with Crippen molar-refractivity contribution in [2.24, 2.45) is 17.8 Å². The fourth-order valence-corrected chi connectivity index (χ4v) is 1.77. The van der Waals surface area contributed by atoms with Crippen molar-refractivity contribution in [3.05, 3.63) is 23.8 Å². The molecule has 1 heteroatoms. The molecule has 1 rings (SSSR count). The van der Waals surface area contributed by atoms with Gasteiger partial charge < -0.3 is 5.11 Å². The van der Waals surface area contributed by atoms with Crippen molar-refractivity contribution in [3.8, 4) is 0 Å². The molecule has 94 valence electrons. The van der Waals surface area contributed by atoms with Gasteiger partial charge in [-0.2, -0.15) is 0 Å². The van der Waals surface area contributed by atoms with E-state index in [1.54, 1.807) is 0 Å².